The van der Waals surface area contributed by atoms with Crippen molar-refractivity contribution < 1.29 is 9.90 Å². The van der Waals surface area contributed by atoms with Crippen molar-refractivity contribution >= 4 is 5.97 Å². The van der Waals surface area contributed by atoms with Crippen LogP contribution in [-0.4, -0.2) is 28.1 Å². The number of aliphatic carboxylic acids is 1. The molecule has 0 amide bonds. The highest BCUT2D eigenvalue weighted by molar-refractivity contribution is 5.85. The van der Waals surface area contributed by atoms with Crippen LogP contribution in [0.5, 0.6) is 0 Å². The lowest BCUT2D eigenvalue weighted by Crippen LogP contribution is -2.58. The maximum atomic E-state index is 10.9. The van der Waals surface area contributed by atoms with E-state index in [1.807, 2.05) is 0 Å². The lowest BCUT2D eigenvalue weighted by Gasteiger charge is -2.56. The predicted molar refractivity (Wildman–Crippen MR) is 69.7 cm³/mol. The molecule has 0 saturated carbocycles. The number of carboxylic acid groups (broad SMARTS) is 1. The average Bonchev–Trinajstić information content (AvgIpc) is 2.20. The Balaban J connectivity index is 3.04. The molecule has 1 aliphatic rings. The molecular formula is C14H25NO2. The molecule has 0 aliphatic carbocycles. The molecule has 17 heavy (non-hydrogen) atoms. The van der Waals surface area contributed by atoms with Crippen LogP contribution in [0.4, 0.5) is 0 Å². The van der Waals surface area contributed by atoms with Crippen LogP contribution < -0.4 is 0 Å². The van der Waals surface area contributed by atoms with Gasteiger partial charge in [0.2, 0.25) is 0 Å². The third-order valence-electron chi connectivity index (χ3n) is 5.02. The zero-order chi connectivity index (χ0) is 13.4. The number of hydrogen-bond donors (Lipinski definition) is 1. The third kappa shape index (κ3) is 2.33. The van der Waals surface area contributed by atoms with E-state index in [1.54, 1.807) is 13.1 Å². The van der Waals surface area contributed by atoms with Gasteiger partial charge in [0.05, 0.1) is 0 Å². The summed E-state index contributed by atoms with van der Waals surface area (Å²) in [5.74, 6) is -0.190. The summed E-state index contributed by atoms with van der Waals surface area (Å²) in [6.45, 7) is 13.8. The Bertz CT molecular complexity index is 342. The van der Waals surface area contributed by atoms with E-state index >= 15 is 0 Å². The fourth-order valence-corrected chi connectivity index (χ4v) is 2.46. The van der Waals surface area contributed by atoms with Crippen molar-refractivity contribution in [1.29, 1.82) is 0 Å². The molecule has 0 aromatic heterocycles. The first-order valence-corrected chi connectivity index (χ1v) is 6.29. The van der Waals surface area contributed by atoms with Gasteiger partial charge < -0.3 is 10.0 Å². The zero-order valence-electron chi connectivity index (χ0n) is 11.9. The van der Waals surface area contributed by atoms with Gasteiger partial charge in [0.25, 0.3) is 0 Å². The number of carboxylic acids is 1. The van der Waals surface area contributed by atoms with Crippen LogP contribution in [0.1, 0.15) is 48.0 Å². The standard InChI is InChI=1S/C14H25NO2/c1-10(12(16)17)9-15-8-7-11(2)13(3,4)14(15,5)6/h9,11H,7-8H2,1-6H3,(H,16,17). The molecule has 3 nitrogen and oxygen atoms in total. The highest BCUT2D eigenvalue weighted by Gasteiger charge is 2.47. The van der Waals surface area contributed by atoms with E-state index in [2.05, 4.69) is 39.5 Å². The zero-order valence-corrected chi connectivity index (χ0v) is 11.9. The van der Waals surface area contributed by atoms with E-state index in [1.165, 1.54) is 0 Å². The second-order valence-corrected chi connectivity index (χ2v) is 6.28. The van der Waals surface area contributed by atoms with Crippen molar-refractivity contribution in [3.05, 3.63) is 11.8 Å². The van der Waals surface area contributed by atoms with E-state index in [9.17, 15) is 4.79 Å². The first-order chi connectivity index (χ1) is 7.60. The van der Waals surface area contributed by atoms with Gasteiger partial charge in [-0.2, -0.15) is 0 Å². The fraction of sp³-hybridized carbons (Fsp3) is 0.786. The summed E-state index contributed by atoms with van der Waals surface area (Å²) in [4.78, 5) is 13.1. The average molecular weight is 239 g/mol. The molecule has 0 aromatic rings. The SMILES string of the molecule is CC(=CN1CCC(C)C(C)(C)C1(C)C)C(=O)O. The van der Waals surface area contributed by atoms with Gasteiger partial charge in [-0.25, -0.2) is 4.79 Å². The maximum Gasteiger partial charge on any atom is 0.332 e. The molecule has 1 N–H and O–H groups in total. The Hall–Kier alpha value is -0.990. The maximum absolute atomic E-state index is 10.9. The summed E-state index contributed by atoms with van der Waals surface area (Å²) < 4.78 is 0. The Labute approximate surface area is 105 Å². The topological polar surface area (TPSA) is 40.5 Å². The lowest BCUT2D eigenvalue weighted by molar-refractivity contribution is -0.132. The summed E-state index contributed by atoms with van der Waals surface area (Å²) >= 11 is 0. The number of rotatable bonds is 2. The number of likely N-dealkylation sites (tertiary alicyclic amines) is 1. The van der Waals surface area contributed by atoms with E-state index in [-0.39, 0.29) is 11.0 Å². The van der Waals surface area contributed by atoms with Crippen LogP contribution in [-0.2, 0) is 4.79 Å². The lowest BCUT2D eigenvalue weighted by atomic mass is 9.62. The minimum atomic E-state index is -0.836. The van der Waals surface area contributed by atoms with Gasteiger partial charge in [0.15, 0.2) is 0 Å². The minimum absolute atomic E-state index is 0.0264. The van der Waals surface area contributed by atoms with E-state index in [0.29, 0.717) is 11.5 Å². The molecule has 0 spiro atoms. The van der Waals surface area contributed by atoms with Crippen LogP contribution >= 0.6 is 0 Å². The highest BCUT2D eigenvalue weighted by atomic mass is 16.4. The molecule has 1 fully saturated rings. The number of nitrogens with zero attached hydrogens (tertiary/aromatic N) is 1. The Morgan fingerprint density at radius 1 is 1.35 bits per heavy atom. The number of hydrogen-bond acceptors (Lipinski definition) is 2. The van der Waals surface area contributed by atoms with Crippen LogP contribution in [0.15, 0.2) is 11.8 Å². The van der Waals surface area contributed by atoms with Crippen LogP contribution in [0.2, 0.25) is 0 Å². The van der Waals surface area contributed by atoms with Crippen molar-refractivity contribution in [3.8, 4) is 0 Å². The largest absolute Gasteiger partial charge is 0.478 e. The van der Waals surface area contributed by atoms with Gasteiger partial charge >= 0.3 is 5.97 Å². The molecule has 0 aromatic carbocycles. The van der Waals surface area contributed by atoms with Gasteiger partial charge in [-0.3, -0.25) is 0 Å². The molecule has 0 bridgehead atoms. The van der Waals surface area contributed by atoms with Crippen molar-refractivity contribution in [3.63, 3.8) is 0 Å². The van der Waals surface area contributed by atoms with Crippen LogP contribution in [0.3, 0.4) is 0 Å². The molecule has 1 heterocycles. The van der Waals surface area contributed by atoms with Gasteiger partial charge in [-0.05, 0) is 38.5 Å². The Morgan fingerprint density at radius 3 is 2.35 bits per heavy atom. The molecule has 1 atom stereocenters. The summed E-state index contributed by atoms with van der Waals surface area (Å²) in [6.07, 6.45) is 2.91. The Kier molecular flexibility index (Phi) is 3.60. The molecule has 1 unspecified atom stereocenters. The van der Waals surface area contributed by atoms with Gasteiger partial charge in [0, 0.05) is 23.9 Å². The summed E-state index contributed by atoms with van der Waals surface area (Å²) in [5.41, 5.74) is 0.547. The van der Waals surface area contributed by atoms with Gasteiger partial charge in [-0.15, -0.1) is 0 Å². The highest BCUT2D eigenvalue weighted by Crippen LogP contribution is 2.47. The fourth-order valence-electron chi connectivity index (χ4n) is 2.46. The quantitative estimate of drug-likeness (QED) is 0.753. The van der Waals surface area contributed by atoms with Crippen LogP contribution in [0, 0.1) is 11.3 Å². The van der Waals surface area contributed by atoms with Crippen molar-refractivity contribution in [2.45, 2.75) is 53.5 Å². The summed E-state index contributed by atoms with van der Waals surface area (Å²) in [6, 6.07) is 0. The van der Waals surface area contributed by atoms with Gasteiger partial charge in [0.1, 0.15) is 0 Å². The van der Waals surface area contributed by atoms with Crippen molar-refractivity contribution in [2.24, 2.45) is 11.3 Å². The minimum Gasteiger partial charge on any atom is -0.478 e. The molecule has 1 saturated heterocycles. The summed E-state index contributed by atoms with van der Waals surface area (Å²) in [5, 5.41) is 8.97. The van der Waals surface area contributed by atoms with Crippen LogP contribution in [0.25, 0.3) is 0 Å². The number of piperidine rings is 1. The molecule has 1 rings (SSSR count). The predicted octanol–water partition coefficient (Wildman–Crippen LogP) is 3.12. The van der Waals surface area contributed by atoms with E-state index < -0.39 is 5.97 Å². The second kappa shape index (κ2) is 4.35. The van der Waals surface area contributed by atoms with Gasteiger partial charge in [-0.1, -0.05) is 20.8 Å². The summed E-state index contributed by atoms with van der Waals surface area (Å²) in [7, 11) is 0. The van der Waals surface area contributed by atoms with E-state index in [4.69, 9.17) is 5.11 Å². The molecule has 0 radical (unpaired) electrons. The second-order valence-electron chi connectivity index (χ2n) is 6.28. The first-order valence-electron chi connectivity index (χ1n) is 6.29. The monoisotopic (exact) mass is 239 g/mol. The van der Waals surface area contributed by atoms with E-state index in [0.717, 1.165) is 13.0 Å². The molecule has 1 aliphatic heterocycles. The molecule has 98 valence electrons. The molecule has 3 heteroatoms. The van der Waals surface area contributed by atoms with Crippen molar-refractivity contribution in [2.75, 3.05) is 6.54 Å². The Morgan fingerprint density at radius 2 is 1.88 bits per heavy atom. The van der Waals surface area contributed by atoms with Crippen molar-refractivity contribution in [1.82, 2.24) is 4.90 Å². The normalized spacial score (nSPS) is 28.0. The number of carbonyl (C=O) groups is 1. The first kappa shape index (κ1) is 14.1. The third-order valence-corrected chi connectivity index (χ3v) is 5.02. The molecular weight excluding hydrogens is 214 g/mol. The smallest absolute Gasteiger partial charge is 0.332 e.